The second kappa shape index (κ2) is 5.17. The van der Waals surface area contributed by atoms with E-state index in [1.807, 2.05) is 5.43 Å². The van der Waals surface area contributed by atoms with E-state index in [-0.39, 0.29) is 11.4 Å². The molecular weight excluding hydrogens is 276 g/mol. The zero-order valence-corrected chi connectivity index (χ0v) is 10.9. The van der Waals surface area contributed by atoms with Gasteiger partial charge < -0.3 is 0 Å². The van der Waals surface area contributed by atoms with E-state index in [0.29, 0.717) is 18.7 Å². The van der Waals surface area contributed by atoms with Crippen LogP contribution in [0.5, 0.6) is 0 Å². The molecule has 0 aromatic carbocycles. The molecule has 0 saturated heterocycles. The van der Waals surface area contributed by atoms with Crippen LogP contribution in [0.15, 0.2) is 35.4 Å². The highest BCUT2D eigenvalue weighted by Crippen LogP contribution is 1.96. The summed E-state index contributed by atoms with van der Waals surface area (Å²) in [5.74, 6) is 4.48. The Morgan fingerprint density at radius 3 is 2.95 bits per heavy atom. The summed E-state index contributed by atoms with van der Waals surface area (Å²) >= 11 is 0. The van der Waals surface area contributed by atoms with Gasteiger partial charge in [0.1, 0.15) is 0 Å². The first-order chi connectivity index (χ1) is 10.2. The van der Waals surface area contributed by atoms with Crippen molar-refractivity contribution in [2.24, 2.45) is 5.84 Å². The molecular formula is C11H12N8O2. The van der Waals surface area contributed by atoms with Crippen LogP contribution in [-0.2, 0) is 13.1 Å². The van der Waals surface area contributed by atoms with Gasteiger partial charge in [-0.25, -0.2) is 20.0 Å². The molecule has 3 aromatic rings. The van der Waals surface area contributed by atoms with Crippen LogP contribution in [0.1, 0.15) is 10.5 Å². The fraction of sp³-hybridized carbons (Fsp3) is 0.182. The normalized spacial score (nSPS) is 10.9. The van der Waals surface area contributed by atoms with Crippen molar-refractivity contribution in [1.29, 1.82) is 0 Å². The quantitative estimate of drug-likeness (QED) is 0.338. The molecule has 3 rings (SSSR count). The molecule has 0 aliphatic rings. The number of nitrogens with one attached hydrogen (secondary N) is 1. The predicted molar refractivity (Wildman–Crippen MR) is 71.1 cm³/mol. The van der Waals surface area contributed by atoms with Crippen molar-refractivity contribution in [3.05, 3.63) is 46.8 Å². The number of amides is 1. The zero-order chi connectivity index (χ0) is 14.8. The fourth-order valence-corrected chi connectivity index (χ4v) is 1.90. The van der Waals surface area contributed by atoms with E-state index in [4.69, 9.17) is 5.84 Å². The number of nitrogens with zero attached hydrogens (tertiary/aromatic N) is 6. The summed E-state index contributed by atoms with van der Waals surface area (Å²) in [5, 5.41) is 11.6. The van der Waals surface area contributed by atoms with Gasteiger partial charge in [0.2, 0.25) is 0 Å². The molecule has 0 radical (unpaired) electrons. The number of hydrazine groups is 1. The second-order valence-corrected chi connectivity index (χ2v) is 4.27. The molecule has 3 aromatic heterocycles. The second-order valence-electron chi connectivity index (χ2n) is 4.27. The van der Waals surface area contributed by atoms with Crippen molar-refractivity contribution in [2.45, 2.75) is 13.1 Å². The van der Waals surface area contributed by atoms with Crippen LogP contribution in [0.25, 0.3) is 5.65 Å². The van der Waals surface area contributed by atoms with Gasteiger partial charge in [0.05, 0.1) is 19.3 Å². The zero-order valence-electron chi connectivity index (χ0n) is 10.9. The van der Waals surface area contributed by atoms with Crippen molar-refractivity contribution >= 4 is 11.6 Å². The Morgan fingerprint density at radius 2 is 2.19 bits per heavy atom. The van der Waals surface area contributed by atoms with Gasteiger partial charge in [-0.15, -0.1) is 10.2 Å². The van der Waals surface area contributed by atoms with Crippen LogP contribution in [-0.4, -0.2) is 35.1 Å². The Morgan fingerprint density at radius 1 is 1.33 bits per heavy atom. The minimum atomic E-state index is -0.522. The Balaban J connectivity index is 1.77. The summed E-state index contributed by atoms with van der Waals surface area (Å²) in [6.45, 7) is 0.669. The molecule has 10 nitrogen and oxygen atoms in total. The maximum atomic E-state index is 12.0. The third-order valence-corrected chi connectivity index (χ3v) is 2.93. The number of carbonyl (C=O) groups excluding carboxylic acids is 1. The lowest BCUT2D eigenvalue weighted by molar-refractivity contribution is 0.0948. The van der Waals surface area contributed by atoms with Crippen molar-refractivity contribution in [2.75, 3.05) is 0 Å². The number of hydrogen-bond donors (Lipinski definition) is 2. The van der Waals surface area contributed by atoms with Crippen LogP contribution in [0.2, 0.25) is 0 Å². The molecule has 0 unspecified atom stereocenters. The average molecular weight is 288 g/mol. The van der Waals surface area contributed by atoms with E-state index < -0.39 is 5.91 Å². The molecule has 3 N–H and O–H groups in total. The third-order valence-electron chi connectivity index (χ3n) is 2.93. The molecule has 3 heterocycles. The van der Waals surface area contributed by atoms with E-state index >= 15 is 0 Å². The van der Waals surface area contributed by atoms with Gasteiger partial charge in [-0.3, -0.25) is 14.6 Å². The Labute approximate surface area is 117 Å². The first-order valence-corrected chi connectivity index (χ1v) is 6.14. The molecule has 0 saturated carbocycles. The van der Waals surface area contributed by atoms with Crippen molar-refractivity contribution < 1.29 is 4.79 Å². The van der Waals surface area contributed by atoms with Gasteiger partial charge in [-0.1, -0.05) is 11.3 Å². The first kappa shape index (κ1) is 13.0. The molecule has 0 atom stereocenters. The van der Waals surface area contributed by atoms with Crippen LogP contribution in [0, 0.1) is 0 Å². The minimum absolute atomic E-state index is 0.111. The average Bonchev–Trinajstić information content (AvgIpc) is 3.10. The lowest BCUT2D eigenvalue weighted by atomic mass is 10.4. The monoisotopic (exact) mass is 288 g/mol. The van der Waals surface area contributed by atoms with Gasteiger partial charge in [-0.05, 0) is 12.1 Å². The number of pyridine rings is 1. The molecule has 0 bridgehead atoms. The number of carbonyl (C=O) groups is 1. The smallest absolute Gasteiger partial charge is 0.289 e. The largest absolute Gasteiger partial charge is 0.350 e. The maximum Gasteiger partial charge on any atom is 0.350 e. The number of fused-ring (bicyclic) bond motifs is 1. The molecule has 1 amide bonds. The summed E-state index contributed by atoms with van der Waals surface area (Å²) < 4.78 is 4.23. The summed E-state index contributed by atoms with van der Waals surface area (Å²) in [5.41, 5.74) is 2.42. The van der Waals surface area contributed by atoms with Crippen molar-refractivity contribution in [3.63, 3.8) is 0 Å². The molecule has 21 heavy (non-hydrogen) atoms. The van der Waals surface area contributed by atoms with Gasteiger partial charge in [0.15, 0.2) is 11.3 Å². The van der Waals surface area contributed by atoms with E-state index in [1.54, 1.807) is 24.4 Å². The summed E-state index contributed by atoms with van der Waals surface area (Å²) in [4.78, 5) is 23.3. The first-order valence-electron chi connectivity index (χ1n) is 6.14. The van der Waals surface area contributed by atoms with Crippen LogP contribution in [0.4, 0.5) is 0 Å². The fourth-order valence-electron chi connectivity index (χ4n) is 1.90. The van der Waals surface area contributed by atoms with Crippen molar-refractivity contribution in [1.82, 2.24) is 34.6 Å². The SMILES string of the molecule is NNC(=O)c1cn(CCn2nc3ccccn3c2=O)nn1. The maximum absolute atomic E-state index is 12.0. The number of nitrogen functional groups attached to an aromatic ring is 1. The molecule has 0 spiro atoms. The van der Waals surface area contributed by atoms with Crippen molar-refractivity contribution in [3.8, 4) is 0 Å². The van der Waals surface area contributed by atoms with E-state index in [1.165, 1.54) is 20.0 Å². The van der Waals surface area contributed by atoms with E-state index in [9.17, 15) is 9.59 Å². The number of hydrogen-bond acceptors (Lipinski definition) is 6. The van der Waals surface area contributed by atoms with Gasteiger partial charge in [0.25, 0.3) is 5.91 Å². The van der Waals surface area contributed by atoms with Crippen LogP contribution < -0.4 is 17.0 Å². The highest BCUT2D eigenvalue weighted by Gasteiger charge is 2.10. The number of aryl methyl sites for hydroxylation is 2. The standard InChI is InChI=1S/C11H12N8O2/c12-13-10(20)8-7-17(16-14-8)5-6-19-11(21)18-4-2-1-3-9(18)15-19/h1-4,7H,5-6,12H2,(H,13,20). The Kier molecular flexibility index (Phi) is 3.20. The summed E-state index contributed by atoms with van der Waals surface area (Å²) in [6, 6.07) is 5.31. The summed E-state index contributed by atoms with van der Waals surface area (Å²) in [6.07, 6.45) is 3.10. The lowest BCUT2D eigenvalue weighted by Gasteiger charge is -1.98. The highest BCUT2D eigenvalue weighted by molar-refractivity contribution is 5.91. The topological polar surface area (TPSA) is 125 Å². The summed E-state index contributed by atoms with van der Waals surface area (Å²) in [7, 11) is 0. The lowest BCUT2D eigenvalue weighted by Crippen LogP contribution is -2.30. The molecule has 0 aliphatic carbocycles. The molecule has 108 valence electrons. The van der Waals surface area contributed by atoms with E-state index in [2.05, 4.69) is 15.4 Å². The third kappa shape index (κ3) is 2.39. The van der Waals surface area contributed by atoms with Gasteiger partial charge >= 0.3 is 5.69 Å². The molecule has 0 fully saturated rings. The van der Waals surface area contributed by atoms with E-state index in [0.717, 1.165) is 0 Å². The predicted octanol–water partition coefficient (Wildman–Crippen LogP) is -1.61. The minimum Gasteiger partial charge on any atom is -0.289 e. The highest BCUT2D eigenvalue weighted by atomic mass is 16.2. The van der Waals surface area contributed by atoms with Crippen LogP contribution >= 0.6 is 0 Å². The number of nitrogens with two attached hydrogens (primary N) is 1. The Hall–Kier alpha value is -3.01. The molecule has 10 heteroatoms. The van der Waals surface area contributed by atoms with Gasteiger partial charge in [0, 0.05) is 6.20 Å². The number of aromatic nitrogens is 6. The number of rotatable bonds is 4. The molecule has 0 aliphatic heterocycles. The van der Waals surface area contributed by atoms with Crippen LogP contribution in [0.3, 0.4) is 0 Å². The van der Waals surface area contributed by atoms with Gasteiger partial charge in [-0.2, -0.15) is 0 Å². The Bertz CT molecular complexity index is 845.